The Labute approximate surface area is 67.7 Å². The van der Waals surface area contributed by atoms with Gasteiger partial charge in [-0.15, -0.1) is 12.4 Å². The molecule has 2 unspecified atom stereocenters. The van der Waals surface area contributed by atoms with E-state index in [1.807, 2.05) is 0 Å². The summed E-state index contributed by atoms with van der Waals surface area (Å²) < 4.78 is 5.54. The number of rotatable bonds is 0. The summed E-state index contributed by atoms with van der Waals surface area (Å²) in [6.45, 7) is 3.26. The fourth-order valence-electron chi connectivity index (χ4n) is 1.77. The Morgan fingerprint density at radius 3 is 3.00 bits per heavy atom. The first-order valence-electron chi connectivity index (χ1n) is 3.79. The molecule has 10 heavy (non-hydrogen) atoms. The van der Waals surface area contributed by atoms with Crippen LogP contribution in [0.2, 0.25) is 0 Å². The summed E-state index contributed by atoms with van der Waals surface area (Å²) >= 11 is 0. The monoisotopic (exact) mass is 163 g/mol. The van der Waals surface area contributed by atoms with Crippen LogP contribution in [-0.2, 0) is 4.74 Å². The SMILES string of the molecule is C1COC2CNCC2C1.Cl. The molecule has 0 bridgehead atoms. The minimum atomic E-state index is 0. The van der Waals surface area contributed by atoms with E-state index in [1.165, 1.54) is 19.4 Å². The van der Waals surface area contributed by atoms with Gasteiger partial charge < -0.3 is 10.1 Å². The van der Waals surface area contributed by atoms with E-state index in [0.29, 0.717) is 6.10 Å². The zero-order valence-corrected chi connectivity index (χ0v) is 6.82. The molecule has 0 spiro atoms. The first-order valence-corrected chi connectivity index (χ1v) is 3.79. The summed E-state index contributed by atoms with van der Waals surface area (Å²) in [5.41, 5.74) is 0. The van der Waals surface area contributed by atoms with Gasteiger partial charge in [-0.05, 0) is 18.8 Å². The number of ether oxygens (including phenoxy) is 1. The maximum atomic E-state index is 5.54. The van der Waals surface area contributed by atoms with Gasteiger partial charge in [0.15, 0.2) is 0 Å². The van der Waals surface area contributed by atoms with Crippen molar-refractivity contribution in [1.82, 2.24) is 5.32 Å². The minimum absolute atomic E-state index is 0. The summed E-state index contributed by atoms with van der Waals surface area (Å²) in [5.74, 6) is 0.832. The van der Waals surface area contributed by atoms with Gasteiger partial charge in [0.2, 0.25) is 0 Å². The molecule has 2 saturated heterocycles. The van der Waals surface area contributed by atoms with Crippen LogP contribution in [0.4, 0.5) is 0 Å². The van der Waals surface area contributed by atoms with Gasteiger partial charge in [-0.3, -0.25) is 0 Å². The van der Waals surface area contributed by atoms with Gasteiger partial charge in [-0.1, -0.05) is 0 Å². The summed E-state index contributed by atoms with van der Waals surface area (Å²) in [7, 11) is 0. The van der Waals surface area contributed by atoms with Gasteiger partial charge in [-0.2, -0.15) is 0 Å². The number of hydrogen-bond donors (Lipinski definition) is 1. The molecule has 0 aliphatic carbocycles. The van der Waals surface area contributed by atoms with Crippen molar-refractivity contribution in [3.05, 3.63) is 0 Å². The molecule has 2 nitrogen and oxygen atoms in total. The van der Waals surface area contributed by atoms with E-state index in [4.69, 9.17) is 4.74 Å². The first kappa shape index (κ1) is 8.31. The highest BCUT2D eigenvalue weighted by molar-refractivity contribution is 5.85. The molecule has 0 aromatic heterocycles. The Morgan fingerprint density at radius 1 is 1.30 bits per heavy atom. The maximum Gasteiger partial charge on any atom is 0.0739 e. The van der Waals surface area contributed by atoms with Crippen LogP contribution in [-0.4, -0.2) is 25.8 Å². The minimum Gasteiger partial charge on any atom is -0.377 e. The van der Waals surface area contributed by atoms with Crippen LogP contribution >= 0.6 is 12.4 Å². The lowest BCUT2D eigenvalue weighted by Crippen LogP contribution is -2.27. The molecule has 2 rings (SSSR count). The first-order chi connectivity index (χ1) is 4.47. The largest absolute Gasteiger partial charge is 0.377 e. The van der Waals surface area contributed by atoms with Gasteiger partial charge in [-0.25, -0.2) is 0 Å². The molecule has 2 atom stereocenters. The van der Waals surface area contributed by atoms with Gasteiger partial charge in [0.25, 0.3) is 0 Å². The molecule has 60 valence electrons. The van der Waals surface area contributed by atoms with E-state index in [-0.39, 0.29) is 12.4 Å². The second-order valence-corrected chi connectivity index (χ2v) is 2.97. The predicted octanol–water partition coefficient (Wildman–Crippen LogP) is 0.807. The summed E-state index contributed by atoms with van der Waals surface area (Å²) in [6.07, 6.45) is 3.19. The van der Waals surface area contributed by atoms with Crippen molar-refractivity contribution in [3.63, 3.8) is 0 Å². The number of hydrogen-bond acceptors (Lipinski definition) is 2. The van der Waals surface area contributed by atoms with Crippen molar-refractivity contribution in [2.75, 3.05) is 19.7 Å². The van der Waals surface area contributed by atoms with Crippen LogP contribution < -0.4 is 5.32 Å². The third-order valence-corrected chi connectivity index (χ3v) is 2.33. The molecule has 0 aromatic rings. The summed E-state index contributed by atoms with van der Waals surface area (Å²) in [5, 5.41) is 3.34. The fraction of sp³-hybridized carbons (Fsp3) is 1.00. The van der Waals surface area contributed by atoms with Gasteiger partial charge in [0.05, 0.1) is 6.10 Å². The lowest BCUT2D eigenvalue weighted by atomic mass is 9.98. The van der Waals surface area contributed by atoms with Crippen LogP contribution in [0.25, 0.3) is 0 Å². The summed E-state index contributed by atoms with van der Waals surface area (Å²) in [6, 6.07) is 0. The average Bonchev–Trinajstić information content (AvgIpc) is 2.33. The van der Waals surface area contributed by atoms with E-state index in [0.717, 1.165) is 19.1 Å². The Morgan fingerprint density at radius 2 is 2.20 bits per heavy atom. The second kappa shape index (κ2) is 3.56. The molecule has 2 fully saturated rings. The van der Waals surface area contributed by atoms with E-state index in [9.17, 15) is 0 Å². The van der Waals surface area contributed by atoms with E-state index in [2.05, 4.69) is 5.32 Å². The topological polar surface area (TPSA) is 21.3 Å². The predicted molar refractivity (Wildman–Crippen MR) is 42.6 cm³/mol. The molecule has 0 radical (unpaired) electrons. The molecule has 0 amide bonds. The van der Waals surface area contributed by atoms with Crippen molar-refractivity contribution < 1.29 is 4.74 Å². The standard InChI is InChI=1S/C7H13NO.ClH/c1-2-6-4-8-5-7(6)9-3-1;/h6-8H,1-5H2;1H. The van der Waals surface area contributed by atoms with Crippen molar-refractivity contribution in [2.45, 2.75) is 18.9 Å². The third-order valence-electron chi connectivity index (χ3n) is 2.33. The Balaban J connectivity index is 0.000000500. The van der Waals surface area contributed by atoms with Crippen molar-refractivity contribution in [3.8, 4) is 0 Å². The van der Waals surface area contributed by atoms with Crippen LogP contribution in [0.1, 0.15) is 12.8 Å². The highest BCUT2D eigenvalue weighted by Gasteiger charge is 2.29. The molecule has 2 heterocycles. The maximum absolute atomic E-state index is 5.54. The van der Waals surface area contributed by atoms with Gasteiger partial charge >= 0.3 is 0 Å². The van der Waals surface area contributed by atoms with Crippen LogP contribution in [0.3, 0.4) is 0 Å². The van der Waals surface area contributed by atoms with E-state index >= 15 is 0 Å². The number of fused-ring (bicyclic) bond motifs is 1. The van der Waals surface area contributed by atoms with Crippen LogP contribution in [0.15, 0.2) is 0 Å². The van der Waals surface area contributed by atoms with Crippen LogP contribution in [0.5, 0.6) is 0 Å². The highest BCUT2D eigenvalue weighted by atomic mass is 35.5. The molecule has 2 aliphatic heterocycles. The highest BCUT2D eigenvalue weighted by Crippen LogP contribution is 2.22. The molecule has 1 N–H and O–H groups in total. The fourth-order valence-corrected chi connectivity index (χ4v) is 1.77. The van der Waals surface area contributed by atoms with Crippen molar-refractivity contribution in [2.24, 2.45) is 5.92 Å². The van der Waals surface area contributed by atoms with E-state index in [1.54, 1.807) is 0 Å². The summed E-state index contributed by atoms with van der Waals surface area (Å²) in [4.78, 5) is 0. The lowest BCUT2D eigenvalue weighted by molar-refractivity contribution is 0.000755. The molecular formula is C7H14ClNO. The smallest absolute Gasteiger partial charge is 0.0739 e. The Hall–Kier alpha value is 0.210. The normalized spacial score (nSPS) is 38.4. The van der Waals surface area contributed by atoms with Crippen LogP contribution in [0, 0.1) is 5.92 Å². The number of halogens is 1. The van der Waals surface area contributed by atoms with Gasteiger partial charge in [0, 0.05) is 19.7 Å². The van der Waals surface area contributed by atoms with Crippen molar-refractivity contribution >= 4 is 12.4 Å². The molecule has 0 aromatic carbocycles. The average molecular weight is 164 g/mol. The molecule has 2 aliphatic rings. The Kier molecular flexibility index (Phi) is 2.96. The zero-order chi connectivity index (χ0) is 6.10. The lowest BCUT2D eigenvalue weighted by Gasteiger charge is -2.24. The molecule has 3 heteroatoms. The molecule has 0 saturated carbocycles. The second-order valence-electron chi connectivity index (χ2n) is 2.97. The van der Waals surface area contributed by atoms with E-state index < -0.39 is 0 Å². The van der Waals surface area contributed by atoms with Gasteiger partial charge in [0.1, 0.15) is 0 Å². The third kappa shape index (κ3) is 1.44. The Bertz CT molecular complexity index is 97.8. The molecular weight excluding hydrogens is 150 g/mol. The van der Waals surface area contributed by atoms with Crippen molar-refractivity contribution in [1.29, 1.82) is 0 Å². The quantitative estimate of drug-likeness (QED) is 0.571. The number of nitrogens with one attached hydrogen (secondary N) is 1. The zero-order valence-electron chi connectivity index (χ0n) is 6.01.